The van der Waals surface area contributed by atoms with Gasteiger partial charge < -0.3 is 5.32 Å². The van der Waals surface area contributed by atoms with Crippen molar-refractivity contribution in [3.8, 4) is 0 Å². The van der Waals surface area contributed by atoms with E-state index < -0.39 is 0 Å². The van der Waals surface area contributed by atoms with Gasteiger partial charge >= 0.3 is 0 Å². The van der Waals surface area contributed by atoms with Crippen LogP contribution in [0, 0.1) is 6.92 Å². The molecule has 0 saturated heterocycles. The van der Waals surface area contributed by atoms with Gasteiger partial charge in [-0.25, -0.2) is 0 Å². The van der Waals surface area contributed by atoms with E-state index in [1.807, 2.05) is 11.8 Å². The van der Waals surface area contributed by atoms with Gasteiger partial charge in [0.25, 0.3) is 0 Å². The number of aryl methyl sites for hydroxylation is 1. The monoisotopic (exact) mass is 283 g/mol. The maximum Gasteiger partial charge on any atom is 0.0294 e. The molecule has 0 aromatic heterocycles. The minimum atomic E-state index is 0.411. The summed E-state index contributed by atoms with van der Waals surface area (Å²) < 4.78 is 0. The van der Waals surface area contributed by atoms with Crippen molar-refractivity contribution in [1.82, 2.24) is 5.32 Å². The molecular weight excluding hydrogens is 262 g/mol. The van der Waals surface area contributed by atoms with Crippen molar-refractivity contribution in [1.29, 1.82) is 0 Å². The number of rotatable bonds is 4. The fraction of sp³-hybridized carbons (Fsp3) is 0.333. The molecule has 0 amide bonds. The van der Waals surface area contributed by atoms with Gasteiger partial charge in [0.15, 0.2) is 0 Å². The SMILES string of the molecule is Cc1ccccc1[C@@H](C)NCC1CSc2ccccc21. The number of hydrogen-bond acceptors (Lipinski definition) is 2. The summed E-state index contributed by atoms with van der Waals surface area (Å²) in [6.45, 7) is 5.50. The normalized spacial score (nSPS) is 18.8. The van der Waals surface area contributed by atoms with Crippen LogP contribution in [0.15, 0.2) is 53.4 Å². The molecule has 1 aliphatic heterocycles. The molecule has 1 aliphatic rings. The first-order valence-corrected chi connectivity index (χ1v) is 8.25. The molecule has 2 aromatic rings. The van der Waals surface area contributed by atoms with Gasteiger partial charge in [0.05, 0.1) is 0 Å². The smallest absolute Gasteiger partial charge is 0.0294 e. The van der Waals surface area contributed by atoms with Crippen molar-refractivity contribution in [3.63, 3.8) is 0 Å². The minimum absolute atomic E-state index is 0.411. The van der Waals surface area contributed by atoms with Crippen LogP contribution in [0.3, 0.4) is 0 Å². The third-order valence-corrected chi connectivity index (χ3v) is 5.38. The highest BCUT2D eigenvalue weighted by molar-refractivity contribution is 7.99. The van der Waals surface area contributed by atoms with Crippen molar-refractivity contribution in [2.75, 3.05) is 12.3 Å². The molecule has 104 valence electrons. The Morgan fingerprint density at radius 3 is 2.75 bits per heavy atom. The summed E-state index contributed by atoms with van der Waals surface area (Å²) in [4.78, 5) is 1.46. The first-order chi connectivity index (χ1) is 9.75. The van der Waals surface area contributed by atoms with Crippen LogP contribution < -0.4 is 5.32 Å². The average Bonchev–Trinajstić information content (AvgIpc) is 2.88. The van der Waals surface area contributed by atoms with Crippen LogP contribution in [0.25, 0.3) is 0 Å². The first kappa shape index (κ1) is 13.7. The van der Waals surface area contributed by atoms with E-state index in [0.717, 1.165) is 6.54 Å². The van der Waals surface area contributed by atoms with Crippen LogP contribution in [-0.4, -0.2) is 12.3 Å². The maximum absolute atomic E-state index is 3.71. The highest BCUT2D eigenvalue weighted by atomic mass is 32.2. The van der Waals surface area contributed by atoms with E-state index in [2.05, 4.69) is 67.7 Å². The van der Waals surface area contributed by atoms with Gasteiger partial charge in [-0.3, -0.25) is 0 Å². The molecule has 3 rings (SSSR count). The molecule has 0 fully saturated rings. The van der Waals surface area contributed by atoms with E-state index in [4.69, 9.17) is 0 Å². The van der Waals surface area contributed by atoms with Gasteiger partial charge in [0, 0.05) is 29.2 Å². The molecule has 1 unspecified atom stereocenters. The summed E-state index contributed by atoms with van der Waals surface area (Å²) in [6.07, 6.45) is 0. The topological polar surface area (TPSA) is 12.0 Å². The van der Waals surface area contributed by atoms with Crippen LogP contribution in [0.5, 0.6) is 0 Å². The lowest BCUT2D eigenvalue weighted by atomic mass is 9.99. The second kappa shape index (κ2) is 6.02. The van der Waals surface area contributed by atoms with Crippen LogP contribution >= 0.6 is 11.8 Å². The summed E-state index contributed by atoms with van der Waals surface area (Å²) in [6, 6.07) is 17.9. The maximum atomic E-state index is 3.71. The summed E-state index contributed by atoms with van der Waals surface area (Å²) in [7, 11) is 0. The average molecular weight is 283 g/mol. The molecule has 2 heteroatoms. The van der Waals surface area contributed by atoms with Crippen LogP contribution in [0.4, 0.5) is 0 Å². The fourth-order valence-electron chi connectivity index (χ4n) is 2.90. The highest BCUT2D eigenvalue weighted by Crippen LogP contribution is 2.39. The molecule has 2 aromatic carbocycles. The zero-order valence-corrected chi connectivity index (χ0v) is 12.9. The lowest BCUT2D eigenvalue weighted by Crippen LogP contribution is -2.25. The van der Waals surface area contributed by atoms with Crippen LogP contribution in [-0.2, 0) is 0 Å². The van der Waals surface area contributed by atoms with E-state index >= 15 is 0 Å². The van der Waals surface area contributed by atoms with Crippen molar-refractivity contribution in [2.24, 2.45) is 0 Å². The predicted octanol–water partition coefficient (Wildman–Crippen LogP) is 4.54. The standard InChI is InChI=1S/C18H21NS/c1-13-7-3-4-8-16(13)14(2)19-11-15-12-20-18-10-6-5-9-17(15)18/h3-10,14-15,19H,11-12H2,1-2H3/t14-,15?/m1/s1. The van der Waals surface area contributed by atoms with Gasteiger partial charge in [-0.15, -0.1) is 11.8 Å². The fourth-order valence-corrected chi connectivity index (χ4v) is 4.15. The molecule has 0 radical (unpaired) electrons. The summed E-state index contributed by atoms with van der Waals surface area (Å²) >= 11 is 1.99. The molecule has 0 bridgehead atoms. The Bertz CT molecular complexity index is 593. The van der Waals surface area contributed by atoms with Crippen LogP contribution in [0.1, 0.15) is 35.6 Å². The Balaban J connectivity index is 1.65. The predicted molar refractivity (Wildman–Crippen MR) is 87.5 cm³/mol. The molecule has 1 heterocycles. The summed E-state index contributed by atoms with van der Waals surface area (Å²) in [5, 5.41) is 3.71. The Morgan fingerprint density at radius 2 is 1.90 bits per heavy atom. The molecule has 20 heavy (non-hydrogen) atoms. The molecule has 2 atom stereocenters. The lowest BCUT2D eigenvalue weighted by molar-refractivity contribution is 0.539. The van der Waals surface area contributed by atoms with Crippen LogP contribution in [0.2, 0.25) is 0 Å². The number of benzene rings is 2. The Morgan fingerprint density at radius 1 is 1.15 bits per heavy atom. The third kappa shape index (κ3) is 2.77. The van der Waals surface area contributed by atoms with E-state index in [9.17, 15) is 0 Å². The quantitative estimate of drug-likeness (QED) is 0.884. The van der Waals surface area contributed by atoms with Crippen molar-refractivity contribution < 1.29 is 0 Å². The number of hydrogen-bond donors (Lipinski definition) is 1. The molecule has 1 N–H and O–H groups in total. The molecule has 0 aliphatic carbocycles. The van der Waals surface area contributed by atoms with Gasteiger partial charge in [0.1, 0.15) is 0 Å². The summed E-state index contributed by atoms with van der Waals surface area (Å²) in [5.74, 6) is 1.84. The van der Waals surface area contributed by atoms with Crippen molar-refractivity contribution in [2.45, 2.75) is 30.7 Å². The zero-order valence-electron chi connectivity index (χ0n) is 12.1. The van der Waals surface area contributed by atoms with Gasteiger partial charge in [-0.2, -0.15) is 0 Å². The Labute approximate surface area is 125 Å². The van der Waals surface area contributed by atoms with Gasteiger partial charge in [-0.05, 0) is 36.6 Å². The van der Waals surface area contributed by atoms with Gasteiger partial charge in [-0.1, -0.05) is 42.5 Å². The highest BCUT2D eigenvalue weighted by Gasteiger charge is 2.22. The molecule has 1 nitrogen and oxygen atoms in total. The van der Waals surface area contributed by atoms with E-state index in [1.165, 1.54) is 27.3 Å². The zero-order chi connectivity index (χ0) is 13.9. The van der Waals surface area contributed by atoms with Crippen molar-refractivity contribution >= 4 is 11.8 Å². The van der Waals surface area contributed by atoms with E-state index in [1.54, 1.807) is 0 Å². The minimum Gasteiger partial charge on any atom is -0.310 e. The second-order valence-electron chi connectivity index (χ2n) is 5.53. The van der Waals surface area contributed by atoms with Crippen molar-refractivity contribution in [3.05, 3.63) is 65.2 Å². The first-order valence-electron chi connectivity index (χ1n) is 7.26. The number of thioether (sulfide) groups is 1. The molecular formula is C18H21NS. The second-order valence-corrected chi connectivity index (χ2v) is 6.59. The van der Waals surface area contributed by atoms with E-state index in [0.29, 0.717) is 12.0 Å². The Kier molecular flexibility index (Phi) is 4.13. The lowest BCUT2D eigenvalue weighted by Gasteiger charge is -2.19. The largest absolute Gasteiger partial charge is 0.310 e. The number of nitrogens with one attached hydrogen (secondary N) is 1. The molecule has 0 spiro atoms. The Hall–Kier alpha value is -1.25. The number of fused-ring (bicyclic) bond motifs is 1. The van der Waals surface area contributed by atoms with E-state index in [-0.39, 0.29) is 0 Å². The molecule has 0 saturated carbocycles. The van der Waals surface area contributed by atoms with Gasteiger partial charge in [0.2, 0.25) is 0 Å². The summed E-state index contributed by atoms with van der Waals surface area (Å²) in [5.41, 5.74) is 4.29. The third-order valence-electron chi connectivity index (χ3n) is 4.12.